The van der Waals surface area contributed by atoms with E-state index in [1.54, 1.807) is 0 Å². The molecule has 0 bridgehead atoms. The summed E-state index contributed by atoms with van der Waals surface area (Å²) in [6.07, 6.45) is 79.6. The second-order valence-corrected chi connectivity index (χ2v) is 32.7. The topological polar surface area (TPSA) is 122 Å². The Balaban J connectivity index is 4.35. The Labute approximate surface area is 611 Å². The molecule has 0 amide bonds. The van der Waals surface area contributed by atoms with Crippen LogP contribution in [0.1, 0.15) is 356 Å². The van der Waals surface area contributed by atoms with Gasteiger partial charge in [-0.1, -0.05) is 205 Å². The van der Waals surface area contributed by atoms with Crippen LogP contribution in [-0.2, 0) is 18.0 Å². The molecule has 0 aromatic heterocycles. The largest absolute Gasteiger partial charge is 0.790 e. The molecule has 0 fully saturated rings. The molecular weight excluding hydrogens is 1250 g/mol. The Morgan fingerprint density at radius 2 is 0.404 bits per heavy atom. The van der Waals surface area contributed by atoms with E-state index in [1.807, 2.05) is 6.92 Å². The molecule has 0 aliphatic heterocycles. The highest BCUT2D eigenvalue weighted by Gasteiger charge is 2.13. The lowest BCUT2D eigenvalue weighted by molar-refractivity contribution is -0.339. The van der Waals surface area contributed by atoms with Gasteiger partial charge in [-0.05, 0) is 355 Å². The predicted molar refractivity (Wildman–Crippen MR) is 433 cm³/mol. The third-order valence-corrected chi connectivity index (χ3v) is 20.9. The Kier molecular flexibility index (Phi) is 56.8. The first-order valence-corrected chi connectivity index (χ1v) is 41.6. The van der Waals surface area contributed by atoms with Gasteiger partial charge in [-0.15, -0.1) is 0 Å². The molecule has 0 saturated heterocycles. The summed E-state index contributed by atoms with van der Waals surface area (Å²) in [5.74, 6) is 0.159. The first kappa shape index (κ1) is 94.8. The maximum Gasteiger partial charge on any atom is 0.271 e. The number of phosphoric acid groups is 2. The quantitative estimate of drug-likeness (QED) is 0.0439. The van der Waals surface area contributed by atoms with Crippen molar-refractivity contribution in [3.63, 3.8) is 0 Å². The molecule has 99 heavy (non-hydrogen) atoms. The van der Waals surface area contributed by atoms with Gasteiger partial charge in [0.15, 0.2) is 0 Å². The van der Waals surface area contributed by atoms with Gasteiger partial charge in [0, 0.05) is 0 Å². The number of allylic oxidation sites excluding steroid dienone is 34. The van der Waals surface area contributed by atoms with Crippen LogP contribution in [0.3, 0.4) is 0 Å². The zero-order chi connectivity index (χ0) is 74.3. The van der Waals surface area contributed by atoms with E-state index < -0.39 is 15.6 Å². The lowest BCUT2D eigenvalue weighted by atomic mass is 10.0. The molecule has 0 spiro atoms. The molecule has 562 valence electrons. The van der Waals surface area contributed by atoms with Gasteiger partial charge < -0.3 is 23.8 Å². The van der Waals surface area contributed by atoms with E-state index in [0.29, 0.717) is 6.42 Å². The fraction of sp³-hybridized carbons (Fsp3) is 0.622. The van der Waals surface area contributed by atoms with Crippen LogP contribution in [0.25, 0.3) is 0 Å². The van der Waals surface area contributed by atoms with E-state index >= 15 is 0 Å². The smallest absolute Gasteiger partial charge is 0.271 e. The maximum atomic E-state index is 11.4. The highest BCUT2D eigenvalue weighted by atomic mass is 31.3. The standard InChI is InChI=1S/C90H150O7P2/c1-73(2)37-20-38-74(3)39-21-40-75(4)41-22-42-76(5)43-23-44-77(6)45-24-46-78(7)47-25-48-79(8)49-26-50-80(9)51-27-52-81(10)53-28-54-82(11)55-29-56-83(12)57-30-58-84(13)59-31-60-85(14)61-32-62-86(15)63-33-64-87(16)65-34-66-88(17)67-35-68-89(18)69-36-70-90(19)71-72-96-99(94,95)97-98(91,92)93/h37,39,41,43,45,47,49,51,53,55,57,59,61,63,65,67,69,90H,20-36,38,40,42,44,46,48,50,52,54,56,58,60,62,64,66,68,70-72H2,1-19H3,(H,94,95)(H2,91,92,93)/p-3/b74-39+,75-41+,76-43-,77-45-,78-47-,79-49-,80-51-,81-53-,82-55-,83-57-,84-59-,85-61-,86-63-,87-65-,88-67-,89-69-. The predicted octanol–water partition coefficient (Wildman–Crippen LogP) is 28.7. The van der Waals surface area contributed by atoms with E-state index in [2.05, 4.69) is 237 Å². The Bertz CT molecular complexity index is 2930. The summed E-state index contributed by atoms with van der Waals surface area (Å²) in [6.45, 7) is 42.6. The maximum absolute atomic E-state index is 11.4. The molecule has 0 N–H and O–H groups in total. The van der Waals surface area contributed by atoms with Crippen molar-refractivity contribution in [3.05, 3.63) is 198 Å². The average molecular weight is 1400 g/mol. The van der Waals surface area contributed by atoms with E-state index in [1.165, 1.54) is 120 Å². The second-order valence-electron chi connectivity index (χ2n) is 30.0. The molecule has 0 aromatic carbocycles. The number of hydrogen-bond donors (Lipinski definition) is 0. The van der Waals surface area contributed by atoms with Crippen LogP contribution in [0.4, 0.5) is 0 Å². The summed E-state index contributed by atoms with van der Waals surface area (Å²) in [7, 11) is -10.8. The van der Waals surface area contributed by atoms with E-state index in [4.69, 9.17) is 0 Å². The second kappa shape index (κ2) is 59.2. The lowest BCUT2D eigenvalue weighted by Gasteiger charge is -2.35. The van der Waals surface area contributed by atoms with E-state index in [0.717, 1.165) is 193 Å². The lowest BCUT2D eigenvalue weighted by Crippen LogP contribution is -2.19. The van der Waals surface area contributed by atoms with Crippen molar-refractivity contribution in [1.29, 1.82) is 0 Å². The summed E-state index contributed by atoms with van der Waals surface area (Å²) in [5.41, 5.74) is 25.3. The third kappa shape index (κ3) is 64.4. The van der Waals surface area contributed by atoms with Crippen LogP contribution >= 0.6 is 15.6 Å². The van der Waals surface area contributed by atoms with Crippen molar-refractivity contribution >= 4 is 15.6 Å². The summed E-state index contributed by atoms with van der Waals surface area (Å²) >= 11 is 0. The van der Waals surface area contributed by atoms with Gasteiger partial charge in [0.2, 0.25) is 0 Å². The van der Waals surface area contributed by atoms with Crippen LogP contribution < -0.4 is 14.7 Å². The van der Waals surface area contributed by atoms with E-state index in [-0.39, 0.29) is 12.5 Å². The van der Waals surface area contributed by atoms with Gasteiger partial charge in [0.25, 0.3) is 7.82 Å². The van der Waals surface area contributed by atoms with Crippen LogP contribution in [0.15, 0.2) is 198 Å². The van der Waals surface area contributed by atoms with Gasteiger partial charge in [0.1, 0.15) is 0 Å². The van der Waals surface area contributed by atoms with Crippen molar-refractivity contribution < 1.29 is 32.6 Å². The minimum absolute atomic E-state index is 0.159. The average Bonchev–Trinajstić information content (AvgIpc) is 2.53. The molecule has 2 unspecified atom stereocenters. The molecule has 0 heterocycles. The first-order valence-electron chi connectivity index (χ1n) is 38.6. The molecule has 0 radical (unpaired) electrons. The molecule has 7 nitrogen and oxygen atoms in total. The minimum atomic E-state index is -5.66. The van der Waals surface area contributed by atoms with Crippen molar-refractivity contribution in [2.45, 2.75) is 356 Å². The fourth-order valence-electron chi connectivity index (χ4n) is 11.7. The number of rotatable bonds is 57. The summed E-state index contributed by atoms with van der Waals surface area (Å²) < 4.78 is 29.9. The molecule has 2 atom stereocenters. The van der Waals surface area contributed by atoms with Gasteiger partial charge in [-0.25, -0.2) is 0 Å². The SMILES string of the molecule is CC(C)=CCC/C(C)=C/CC/C(C)=C/CC/C(C)=C\CC/C(C)=C\CC/C(C)=C\CC/C(C)=C\CC/C(C)=C\CC/C(C)=C\CC/C(C)=C\CC/C(C)=C\CC/C(C)=C\CC/C(C)=C\CC/C(C)=C\CC/C(C)=C\CC/C(C)=C\CC/C(C)=C\CCC(C)CCOP(=O)([O-])OP(=O)([O-])[O-]. The Morgan fingerprint density at radius 3 is 0.556 bits per heavy atom. The van der Waals surface area contributed by atoms with Crippen molar-refractivity contribution in [2.75, 3.05) is 6.61 Å². The molecule has 0 rings (SSSR count). The molecular formula is C90H147O7P2-3. The molecule has 0 saturated carbocycles. The molecule has 0 aliphatic rings. The normalized spacial score (nSPS) is 16.0. The monoisotopic (exact) mass is 1400 g/mol. The zero-order valence-corrected chi connectivity index (χ0v) is 68.9. The molecule has 0 aromatic rings. The third-order valence-electron chi connectivity index (χ3n) is 18.8. The summed E-state index contributed by atoms with van der Waals surface area (Å²) in [5, 5.41) is 0. The van der Waals surface area contributed by atoms with Gasteiger partial charge in [-0.3, -0.25) is 8.88 Å². The molecule has 0 aliphatic carbocycles. The van der Waals surface area contributed by atoms with Gasteiger partial charge in [-0.2, -0.15) is 0 Å². The summed E-state index contributed by atoms with van der Waals surface area (Å²) in [4.78, 5) is 32.5. The minimum Gasteiger partial charge on any atom is -0.790 e. The summed E-state index contributed by atoms with van der Waals surface area (Å²) in [6, 6.07) is 0. The van der Waals surface area contributed by atoms with E-state index in [9.17, 15) is 23.8 Å². The van der Waals surface area contributed by atoms with Crippen molar-refractivity contribution in [1.82, 2.24) is 0 Å². The van der Waals surface area contributed by atoms with Gasteiger partial charge >= 0.3 is 0 Å². The Hall–Kier alpha value is -4.16. The van der Waals surface area contributed by atoms with Crippen LogP contribution in [-0.4, -0.2) is 6.61 Å². The van der Waals surface area contributed by atoms with Crippen LogP contribution in [0.5, 0.6) is 0 Å². The highest BCUT2D eigenvalue weighted by molar-refractivity contribution is 7.58. The first-order chi connectivity index (χ1) is 46.8. The molecule has 9 heteroatoms. The van der Waals surface area contributed by atoms with Crippen LogP contribution in [0.2, 0.25) is 0 Å². The fourth-order valence-corrected chi connectivity index (χ4v) is 13.2. The Morgan fingerprint density at radius 1 is 0.253 bits per heavy atom. The zero-order valence-electron chi connectivity index (χ0n) is 67.1. The van der Waals surface area contributed by atoms with Crippen molar-refractivity contribution in [2.24, 2.45) is 5.92 Å². The number of hydrogen-bond acceptors (Lipinski definition) is 7. The number of phosphoric ester groups is 1. The van der Waals surface area contributed by atoms with Gasteiger partial charge in [0.05, 0.1) is 14.4 Å². The highest BCUT2D eigenvalue weighted by Crippen LogP contribution is 2.50. The van der Waals surface area contributed by atoms with Crippen molar-refractivity contribution in [3.8, 4) is 0 Å². The van der Waals surface area contributed by atoms with Crippen LogP contribution in [0, 0.1) is 5.92 Å².